The summed E-state index contributed by atoms with van der Waals surface area (Å²) in [5.74, 6) is -0.187. The molecule has 0 spiro atoms. The van der Waals surface area contributed by atoms with Crippen molar-refractivity contribution in [2.24, 2.45) is 0 Å². The maximum Gasteiger partial charge on any atom is 0.417 e. The Kier molecular flexibility index (Phi) is 8.27. The first-order chi connectivity index (χ1) is 22.2. The zero-order valence-corrected chi connectivity index (χ0v) is 26.3. The quantitative estimate of drug-likeness (QED) is 0.256. The van der Waals surface area contributed by atoms with Crippen LogP contribution in [0.3, 0.4) is 0 Å². The largest absolute Gasteiger partial charge is 0.444 e. The number of rotatable bonds is 7. The fraction of sp³-hybridized carbons (Fsp3) is 0.412. The summed E-state index contributed by atoms with van der Waals surface area (Å²) in [6.45, 7) is 5.22. The fourth-order valence-corrected chi connectivity index (χ4v) is 6.22. The molecule has 0 bridgehead atoms. The predicted molar refractivity (Wildman–Crippen MR) is 166 cm³/mol. The van der Waals surface area contributed by atoms with E-state index < -0.39 is 40.5 Å². The van der Waals surface area contributed by atoms with Gasteiger partial charge >= 0.3 is 12.3 Å². The van der Waals surface area contributed by atoms with Gasteiger partial charge in [-0.3, -0.25) is 19.6 Å². The van der Waals surface area contributed by atoms with Crippen molar-refractivity contribution in [3.8, 4) is 0 Å². The number of alkyl carbamates (subject to hydrolysis) is 1. The second kappa shape index (κ2) is 12.1. The number of alkyl halides is 3. The Morgan fingerprint density at radius 3 is 2.55 bits per heavy atom. The number of nitrogens with one attached hydrogen (secondary N) is 2. The SMILES string of the molecule is CC(C)(C)OC(=O)NCc1n[nH]c(=O)c2ccc(C3(C(=O)N(Cc4ccc(C(F)(F)F)cn4)C4CCCc5cccnc54)CC3)cc12. The predicted octanol–water partition coefficient (Wildman–Crippen LogP) is 5.89. The number of aromatic nitrogens is 4. The van der Waals surface area contributed by atoms with Gasteiger partial charge in [0.25, 0.3) is 5.56 Å². The van der Waals surface area contributed by atoms with Gasteiger partial charge in [0.15, 0.2) is 0 Å². The van der Waals surface area contributed by atoms with Crippen molar-refractivity contribution in [1.82, 2.24) is 30.4 Å². The third-order valence-corrected chi connectivity index (χ3v) is 8.67. The number of fused-ring (bicyclic) bond motifs is 2. The lowest BCUT2D eigenvalue weighted by atomic mass is 9.87. The molecule has 0 aliphatic heterocycles. The molecule has 1 atom stereocenters. The van der Waals surface area contributed by atoms with Crippen LogP contribution in [0.2, 0.25) is 0 Å². The lowest BCUT2D eigenvalue weighted by Gasteiger charge is -2.37. The highest BCUT2D eigenvalue weighted by Crippen LogP contribution is 2.52. The van der Waals surface area contributed by atoms with E-state index in [1.807, 2.05) is 12.1 Å². The van der Waals surface area contributed by atoms with E-state index in [-0.39, 0.29) is 19.0 Å². The average molecular weight is 649 g/mol. The topological polar surface area (TPSA) is 130 Å². The van der Waals surface area contributed by atoms with Crippen LogP contribution in [0, 0.1) is 0 Å². The molecule has 2 aliphatic carbocycles. The molecule has 6 rings (SSSR count). The lowest BCUT2D eigenvalue weighted by molar-refractivity contribution is -0.139. The minimum absolute atomic E-state index is 0.000729. The number of amides is 2. The Morgan fingerprint density at radius 2 is 1.87 bits per heavy atom. The monoisotopic (exact) mass is 648 g/mol. The van der Waals surface area contributed by atoms with E-state index >= 15 is 0 Å². The molecule has 2 N–H and O–H groups in total. The number of pyridine rings is 2. The summed E-state index contributed by atoms with van der Waals surface area (Å²) >= 11 is 0. The van der Waals surface area contributed by atoms with Crippen LogP contribution < -0.4 is 10.9 Å². The number of H-pyrrole nitrogens is 1. The zero-order chi connectivity index (χ0) is 33.6. The van der Waals surface area contributed by atoms with Crippen molar-refractivity contribution in [2.45, 2.75) is 89.2 Å². The lowest BCUT2D eigenvalue weighted by Crippen LogP contribution is -2.43. The van der Waals surface area contributed by atoms with Crippen molar-refractivity contribution >= 4 is 22.8 Å². The van der Waals surface area contributed by atoms with E-state index in [1.54, 1.807) is 50.1 Å². The molecule has 1 saturated carbocycles. The Hall–Kier alpha value is -4.81. The standard InChI is InChI=1S/C34H35F3N6O4/c1-32(2,3)47-31(46)40-18-26-25-16-21(10-12-24(25)29(44)42-41-26)33(13-14-33)30(45)43(19-23-11-9-22(17-39-23)34(35,36)37)27-8-4-6-20-7-5-15-38-28(20)27/h5,7,9-12,15-17,27H,4,6,8,13-14,18-19H2,1-3H3,(H,40,46)(H,42,44). The molecule has 3 aromatic heterocycles. The molecule has 0 saturated heterocycles. The number of hydrogen-bond donors (Lipinski definition) is 2. The van der Waals surface area contributed by atoms with Crippen LogP contribution in [0.15, 0.2) is 59.7 Å². The Balaban J connectivity index is 1.36. The molecular formula is C34H35F3N6O4. The van der Waals surface area contributed by atoms with E-state index in [4.69, 9.17) is 4.74 Å². The number of nitrogens with zero attached hydrogens (tertiary/aromatic N) is 4. The van der Waals surface area contributed by atoms with Gasteiger partial charge in [-0.2, -0.15) is 18.3 Å². The smallest absolute Gasteiger partial charge is 0.417 e. The van der Waals surface area contributed by atoms with Crippen LogP contribution in [0.4, 0.5) is 18.0 Å². The van der Waals surface area contributed by atoms with Crippen LogP contribution in [0.25, 0.3) is 10.8 Å². The molecule has 246 valence electrons. The molecule has 47 heavy (non-hydrogen) atoms. The summed E-state index contributed by atoms with van der Waals surface area (Å²) < 4.78 is 45.1. The van der Waals surface area contributed by atoms with Crippen molar-refractivity contribution in [1.29, 1.82) is 0 Å². The van der Waals surface area contributed by atoms with Crippen LogP contribution >= 0.6 is 0 Å². The molecule has 4 aromatic rings. The Morgan fingerprint density at radius 1 is 1.09 bits per heavy atom. The van der Waals surface area contributed by atoms with Gasteiger partial charge in [0.2, 0.25) is 5.91 Å². The van der Waals surface area contributed by atoms with Crippen LogP contribution in [0.5, 0.6) is 0 Å². The highest BCUT2D eigenvalue weighted by molar-refractivity contribution is 5.94. The van der Waals surface area contributed by atoms with E-state index in [9.17, 15) is 27.6 Å². The number of ether oxygens (including phenoxy) is 1. The van der Waals surface area contributed by atoms with Gasteiger partial charge in [-0.05, 0) is 94.3 Å². The number of benzene rings is 1. The summed E-state index contributed by atoms with van der Waals surface area (Å²) in [4.78, 5) is 50.2. The summed E-state index contributed by atoms with van der Waals surface area (Å²) in [5, 5.41) is 10.2. The zero-order valence-electron chi connectivity index (χ0n) is 26.3. The highest BCUT2D eigenvalue weighted by atomic mass is 19.4. The van der Waals surface area contributed by atoms with Crippen molar-refractivity contribution in [3.05, 3.63) is 99.0 Å². The van der Waals surface area contributed by atoms with Gasteiger partial charge < -0.3 is 15.0 Å². The Labute approximate surface area is 268 Å². The first-order valence-corrected chi connectivity index (χ1v) is 15.5. The maximum absolute atomic E-state index is 14.7. The van der Waals surface area contributed by atoms with Gasteiger partial charge in [-0.1, -0.05) is 12.1 Å². The van der Waals surface area contributed by atoms with Crippen molar-refractivity contribution in [2.75, 3.05) is 0 Å². The third kappa shape index (κ3) is 6.70. The van der Waals surface area contributed by atoms with Gasteiger partial charge in [-0.15, -0.1) is 0 Å². The average Bonchev–Trinajstić information content (AvgIpc) is 3.84. The summed E-state index contributed by atoms with van der Waals surface area (Å²) in [6.07, 6.45) is 0.663. The second-order valence-corrected chi connectivity index (χ2v) is 13.1. The molecule has 13 heteroatoms. The van der Waals surface area contributed by atoms with E-state index in [1.165, 1.54) is 6.07 Å². The normalized spacial score (nSPS) is 17.1. The minimum Gasteiger partial charge on any atom is -0.444 e. The minimum atomic E-state index is -4.53. The van der Waals surface area contributed by atoms with Crippen LogP contribution in [0.1, 0.15) is 86.3 Å². The number of aryl methyl sites for hydroxylation is 1. The summed E-state index contributed by atoms with van der Waals surface area (Å²) in [7, 11) is 0. The van der Waals surface area contributed by atoms with E-state index in [0.29, 0.717) is 47.0 Å². The van der Waals surface area contributed by atoms with Gasteiger partial charge in [0.1, 0.15) is 5.60 Å². The number of carbonyl (C=O) groups is 2. The molecule has 1 unspecified atom stereocenters. The molecule has 2 amide bonds. The van der Waals surface area contributed by atoms with Gasteiger partial charge in [0, 0.05) is 17.8 Å². The van der Waals surface area contributed by atoms with E-state index in [2.05, 4.69) is 25.5 Å². The molecule has 1 fully saturated rings. The Bertz CT molecular complexity index is 1880. The highest BCUT2D eigenvalue weighted by Gasteiger charge is 2.54. The van der Waals surface area contributed by atoms with Crippen molar-refractivity contribution in [3.63, 3.8) is 0 Å². The molecule has 2 aliphatic rings. The van der Waals surface area contributed by atoms with Gasteiger partial charge in [0.05, 0.1) is 52.6 Å². The number of halogens is 3. The summed E-state index contributed by atoms with van der Waals surface area (Å²) in [5.41, 5.74) is 0.315. The first kappa shape index (κ1) is 32.1. The maximum atomic E-state index is 14.7. The second-order valence-electron chi connectivity index (χ2n) is 13.1. The molecule has 1 aromatic carbocycles. The number of aromatic amines is 1. The first-order valence-electron chi connectivity index (χ1n) is 15.5. The third-order valence-electron chi connectivity index (χ3n) is 8.67. The van der Waals surface area contributed by atoms with Crippen molar-refractivity contribution < 1.29 is 27.5 Å². The molecule has 0 radical (unpaired) electrons. The van der Waals surface area contributed by atoms with Gasteiger partial charge in [-0.25, -0.2) is 9.89 Å². The molecule has 3 heterocycles. The number of carbonyl (C=O) groups excluding carboxylic acids is 2. The number of hydrogen-bond acceptors (Lipinski definition) is 7. The summed E-state index contributed by atoms with van der Waals surface area (Å²) in [6, 6.07) is 10.9. The molecular weight excluding hydrogens is 613 g/mol. The van der Waals surface area contributed by atoms with E-state index in [0.717, 1.165) is 36.4 Å². The van der Waals surface area contributed by atoms with Crippen LogP contribution in [-0.2, 0) is 40.6 Å². The molecule has 10 nitrogen and oxygen atoms in total. The fourth-order valence-electron chi connectivity index (χ4n) is 6.22. The van der Waals surface area contributed by atoms with Crippen LogP contribution in [-0.4, -0.2) is 42.7 Å².